The van der Waals surface area contributed by atoms with Crippen molar-refractivity contribution in [2.75, 3.05) is 6.54 Å². The molecule has 0 radical (unpaired) electrons. The molecule has 2 N–H and O–H groups in total. The van der Waals surface area contributed by atoms with Crippen LogP contribution in [-0.4, -0.2) is 23.2 Å². The largest absolute Gasteiger partial charge is 0.388 e. The van der Waals surface area contributed by atoms with Crippen LogP contribution < -0.4 is 5.32 Å². The average Bonchev–Trinajstić information content (AvgIpc) is 2.66. The fourth-order valence-corrected chi connectivity index (χ4v) is 3.05. The number of nitrogens with one attached hydrogen (secondary N) is 1. The molecule has 0 heterocycles. The molecular weight excluding hydrogens is 262 g/mol. The standard InChI is InChI=1S/C18H27NO2/c1-14-7-8-15(2)16(11-14)12-17(20)19-13-18(21)9-5-3-4-6-10-18/h7-8,11,21H,3-6,9-10,12-13H2,1-2H3,(H,19,20). The van der Waals surface area contributed by atoms with Gasteiger partial charge in [0, 0.05) is 6.54 Å². The lowest BCUT2D eigenvalue weighted by atomic mass is 9.94. The number of carbonyl (C=O) groups is 1. The van der Waals surface area contributed by atoms with Crippen molar-refractivity contribution in [1.82, 2.24) is 5.32 Å². The third-order valence-electron chi connectivity index (χ3n) is 4.50. The molecule has 116 valence electrons. The monoisotopic (exact) mass is 289 g/mol. The fraction of sp³-hybridized carbons (Fsp3) is 0.611. The zero-order valence-corrected chi connectivity index (χ0v) is 13.2. The van der Waals surface area contributed by atoms with Gasteiger partial charge < -0.3 is 10.4 Å². The second-order valence-electron chi connectivity index (χ2n) is 6.52. The normalized spacial score (nSPS) is 18.0. The number of hydrogen-bond donors (Lipinski definition) is 2. The van der Waals surface area contributed by atoms with Gasteiger partial charge in [-0.05, 0) is 37.8 Å². The van der Waals surface area contributed by atoms with E-state index in [-0.39, 0.29) is 5.91 Å². The van der Waals surface area contributed by atoms with Crippen molar-refractivity contribution in [1.29, 1.82) is 0 Å². The minimum Gasteiger partial charge on any atom is -0.388 e. The second kappa shape index (κ2) is 7.08. The summed E-state index contributed by atoms with van der Waals surface area (Å²) in [6.45, 7) is 4.45. The number of amides is 1. The average molecular weight is 289 g/mol. The van der Waals surface area contributed by atoms with Crippen LogP contribution in [0.15, 0.2) is 18.2 Å². The van der Waals surface area contributed by atoms with Crippen LogP contribution in [0.2, 0.25) is 0 Å². The van der Waals surface area contributed by atoms with Gasteiger partial charge in [-0.15, -0.1) is 0 Å². The predicted octanol–water partition coefficient (Wildman–Crippen LogP) is 3.05. The third-order valence-corrected chi connectivity index (χ3v) is 4.50. The molecule has 2 rings (SSSR count). The summed E-state index contributed by atoms with van der Waals surface area (Å²) in [7, 11) is 0. The van der Waals surface area contributed by atoms with Crippen LogP contribution in [0.3, 0.4) is 0 Å². The molecular formula is C18H27NO2. The van der Waals surface area contributed by atoms with Crippen molar-refractivity contribution in [2.45, 2.75) is 64.4 Å². The second-order valence-corrected chi connectivity index (χ2v) is 6.52. The zero-order chi connectivity index (χ0) is 15.3. The highest BCUT2D eigenvalue weighted by Gasteiger charge is 2.28. The first-order valence-corrected chi connectivity index (χ1v) is 8.04. The van der Waals surface area contributed by atoms with Crippen LogP contribution in [0.1, 0.15) is 55.2 Å². The Labute approximate surface area is 127 Å². The summed E-state index contributed by atoms with van der Waals surface area (Å²) in [5.74, 6) is 0.00127. The molecule has 0 spiro atoms. The first kappa shape index (κ1) is 16.0. The minimum atomic E-state index is -0.701. The fourth-order valence-electron chi connectivity index (χ4n) is 3.05. The lowest BCUT2D eigenvalue weighted by Gasteiger charge is -2.26. The maximum atomic E-state index is 12.1. The number of benzene rings is 1. The van der Waals surface area contributed by atoms with E-state index in [9.17, 15) is 9.90 Å². The van der Waals surface area contributed by atoms with Crippen molar-refractivity contribution in [3.63, 3.8) is 0 Å². The van der Waals surface area contributed by atoms with E-state index in [1.807, 2.05) is 13.8 Å². The minimum absolute atomic E-state index is 0.00127. The van der Waals surface area contributed by atoms with E-state index in [1.165, 1.54) is 18.4 Å². The molecule has 0 saturated heterocycles. The summed E-state index contributed by atoms with van der Waals surface area (Å²) in [6.07, 6.45) is 6.50. The number of aryl methyl sites for hydroxylation is 2. The first-order valence-electron chi connectivity index (χ1n) is 8.04. The Bertz CT molecular complexity index is 488. The maximum Gasteiger partial charge on any atom is 0.224 e. The van der Waals surface area contributed by atoms with Crippen LogP contribution in [0.5, 0.6) is 0 Å². The highest BCUT2D eigenvalue weighted by molar-refractivity contribution is 5.79. The molecule has 1 saturated carbocycles. The maximum absolute atomic E-state index is 12.1. The Hall–Kier alpha value is -1.35. The topological polar surface area (TPSA) is 49.3 Å². The van der Waals surface area contributed by atoms with Gasteiger partial charge in [-0.1, -0.05) is 49.4 Å². The molecule has 1 aliphatic rings. The van der Waals surface area contributed by atoms with Crippen molar-refractivity contribution in [2.24, 2.45) is 0 Å². The highest BCUT2D eigenvalue weighted by atomic mass is 16.3. The smallest absolute Gasteiger partial charge is 0.224 e. The molecule has 1 aromatic carbocycles. The molecule has 0 bridgehead atoms. The van der Waals surface area contributed by atoms with Gasteiger partial charge in [0.2, 0.25) is 5.91 Å². The zero-order valence-electron chi connectivity index (χ0n) is 13.2. The van der Waals surface area contributed by atoms with E-state index in [4.69, 9.17) is 0 Å². The van der Waals surface area contributed by atoms with Gasteiger partial charge in [-0.3, -0.25) is 4.79 Å². The molecule has 1 fully saturated rings. The van der Waals surface area contributed by atoms with Gasteiger partial charge in [-0.2, -0.15) is 0 Å². The summed E-state index contributed by atoms with van der Waals surface area (Å²) in [4.78, 5) is 12.1. The van der Waals surface area contributed by atoms with Crippen molar-refractivity contribution in [3.8, 4) is 0 Å². The van der Waals surface area contributed by atoms with Crippen molar-refractivity contribution < 1.29 is 9.90 Å². The number of carbonyl (C=O) groups excluding carboxylic acids is 1. The lowest BCUT2D eigenvalue weighted by molar-refractivity contribution is -0.121. The van der Waals surface area contributed by atoms with Crippen LogP contribution >= 0.6 is 0 Å². The summed E-state index contributed by atoms with van der Waals surface area (Å²) >= 11 is 0. The van der Waals surface area contributed by atoms with Gasteiger partial charge in [0.05, 0.1) is 12.0 Å². The summed E-state index contributed by atoms with van der Waals surface area (Å²) in [6, 6.07) is 6.18. The Balaban J connectivity index is 1.88. The molecule has 21 heavy (non-hydrogen) atoms. The van der Waals surface area contributed by atoms with Crippen LogP contribution in [0.4, 0.5) is 0 Å². The van der Waals surface area contributed by atoms with E-state index in [0.717, 1.165) is 36.8 Å². The Morgan fingerprint density at radius 2 is 1.86 bits per heavy atom. The van der Waals surface area contributed by atoms with E-state index in [2.05, 4.69) is 23.5 Å². The third kappa shape index (κ3) is 4.85. The molecule has 0 aromatic heterocycles. The highest BCUT2D eigenvalue weighted by Crippen LogP contribution is 2.26. The molecule has 1 amide bonds. The Morgan fingerprint density at radius 1 is 1.19 bits per heavy atom. The van der Waals surface area contributed by atoms with Crippen molar-refractivity contribution in [3.05, 3.63) is 34.9 Å². The van der Waals surface area contributed by atoms with E-state index in [1.54, 1.807) is 0 Å². The Morgan fingerprint density at radius 3 is 2.52 bits per heavy atom. The molecule has 1 aromatic rings. The molecule has 0 aliphatic heterocycles. The molecule has 3 nitrogen and oxygen atoms in total. The molecule has 0 atom stereocenters. The first-order chi connectivity index (χ1) is 9.98. The van der Waals surface area contributed by atoms with E-state index < -0.39 is 5.60 Å². The van der Waals surface area contributed by atoms with Gasteiger partial charge in [0.25, 0.3) is 0 Å². The van der Waals surface area contributed by atoms with E-state index >= 15 is 0 Å². The number of rotatable bonds is 4. The van der Waals surface area contributed by atoms with Crippen LogP contribution in [0, 0.1) is 13.8 Å². The van der Waals surface area contributed by atoms with Crippen LogP contribution in [-0.2, 0) is 11.2 Å². The lowest BCUT2D eigenvalue weighted by Crippen LogP contribution is -2.43. The summed E-state index contributed by atoms with van der Waals surface area (Å²) in [5, 5.41) is 13.5. The van der Waals surface area contributed by atoms with Gasteiger partial charge >= 0.3 is 0 Å². The number of aliphatic hydroxyl groups is 1. The summed E-state index contributed by atoms with van der Waals surface area (Å²) < 4.78 is 0. The number of hydrogen-bond acceptors (Lipinski definition) is 2. The predicted molar refractivity (Wildman–Crippen MR) is 85.3 cm³/mol. The van der Waals surface area contributed by atoms with Crippen LogP contribution in [0.25, 0.3) is 0 Å². The van der Waals surface area contributed by atoms with Crippen molar-refractivity contribution >= 4 is 5.91 Å². The van der Waals surface area contributed by atoms with Gasteiger partial charge in [0.15, 0.2) is 0 Å². The molecule has 0 unspecified atom stereocenters. The van der Waals surface area contributed by atoms with Gasteiger partial charge in [0.1, 0.15) is 0 Å². The Kier molecular flexibility index (Phi) is 5.40. The molecule has 1 aliphatic carbocycles. The quantitative estimate of drug-likeness (QED) is 0.837. The molecule has 3 heteroatoms. The van der Waals surface area contributed by atoms with E-state index in [0.29, 0.717) is 13.0 Å². The summed E-state index contributed by atoms with van der Waals surface area (Å²) in [5.41, 5.74) is 2.68. The SMILES string of the molecule is Cc1ccc(C)c(CC(=O)NCC2(O)CCCCCC2)c1. The van der Waals surface area contributed by atoms with Gasteiger partial charge in [-0.25, -0.2) is 0 Å².